The number of thioether (sulfide) groups is 1. The highest BCUT2D eigenvalue weighted by molar-refractivity contribution is 7.98. The molecular weight excluding hydrogens is 416 g/mol. The molecule has 30 heavy (non-hydrogen) atoms. The SMILES string of the molecule is CC[C@H](C(=O)NCCSCc1cccc(C)c1)N(c1cc(C)cc(C)c1)S(C)(=O)=O. The van der Waals surface area contributed by atoms with Crippen LogP contribution >= 0.6 is 11.8 Å². The van der Waals surface area contributed by atoms with Crippen LogP contribution in [0.25, 0.3) is 0 Å². The molecule has 7 heteroatoms. The molecule has 0 saturated carbocycles. The van der Waals surface area contributed by atoms with Crippen LogP contribution in [-0.4, -0.2) is 38.9 Å². The van der Waals surface area contributed by atoms with E-state index in [4.69, 9.17) is 0 Å². The van der Waals surface area contributed by atoms with Gasteiger partial charge >= 0.3 is 0 Å². The van der Waals surface area contributed by atoms with E-state index in [1.165, 1.54) is 15.4 Å². The number of benzene rings is 2. The third kappa shape index (κ3) is 7.06. The maximum Gasteiger partial charge on any atom is 0.243 e. The second-order valence-corrected chi connectivity index (χ2v) is 10.6. The number of nitrogens with one attached hydrogen (secondary N) is 1. The van der Waals surface area contributed by atoms with Crippen LogP contribution in [0.2, 0.25) is 0 Å². The summed E-state index contributed by atoms with van der Waals surface area (Å²) in [5.74, 6) is 1.38. The Kier molecular flexibility index (Phi) is 8.79. The zero-order valence-corrected chi connectivity index (χ0v) is 20.1. The number of carbonyl (C=O) groups is 1. The predicted octanol–water partition coefficient (Wildman–Crippen LogP) is 4.21. The second-order valence-electron chi connectivity index (χ2n) is 7.66. The fourth-order valence-corrected chi connectivity index (χ4v) is 5.50. The maximum absolute atomic E-state index is 12.9. The summed E-state index contributed by atoms with van der Waals surface area (Å²) in [6, 6.07) is 13.2. The number of anilines is 1. The molecular formula is C23H32N2O3S2. The summed E-state index contributed by atoms with van der Waals surface area (Å²) in [6.07, 6.45) is 1.54. The highest BCUT2D eigenvalue weighted by Crippen LogP contribution is 2.25. The molecule has 0 radical (unpaired) electrons. The highest BCUT2D eigenvalue weighted by atomic mass is 32.2. The summed E-state index contributed by atoms with van der Waals surface area (Å²) in [7, 11) is -3.62. The number of sulfonamides is 1. The molecule has 1 atom stereocenters. The average Bonchev–Trinajstić information content (AvgIpc) is 2.63. The molecule has 0 aliphatic rings. The van der Waals surface area contributed by atoms with E-state index in [2.05, 4.69) is 30.4 Å². The van der Waals surface area contributed by atoms with Gasteiger partial charge in [-0.3, -0.25) is 9.10 Å². The summed E-state index contributed by atoms with van der Waals surface area (Å²) in [5, 5.41) is 2.92. The monoisotopic (exact) mass is 448 g/mol. The highest BCUT2D eigenvalue weighted by Gasteiger charge is 2.31. The van der Waals surface area contributed by atoms with Gasteiger partial charge in [0.25, 0.3) is 0 Å². The van der Waals surface area contributed by atoms with E-state index in [9.17, 15) is 13.2 Å². The molecule has 0 bridgehead atoms. The van der Waals surface area contributed by atoms with Crippen molar-refractivity contribution >= 4 is 33.4 Å². The number of amides is 1. The Morgan fingerprint density at radius 3 is 2.30 bits per heavy atom. The molecule has 0 heterocycles. The molecule has 0 aliphatic heterocycles. The van der Waals surface area contributed by atoms with Crippen LogP contribution in [0.3, 0.4) is 0 Å². The van der Waals surface area contributed by atoms with Gasteiger partial charge in [-0.05, 0) is 56.0 Å². The van der Waals surface area contributed by atoms with E-state index < -0.39 is 16.1 Å². The van der Waals surface area contributed by atoms with Crippen molar-refractivity contribution < 1.29 is 13.2 Å². The molecule has 164 valence electrons. The molecule has 2 aromatic rings. The summed E-state index contributed by atoms with van der Waals surface area (Å²) >= 11 is 1.74. The first kappa shape index (κ1) is 24.3. The lowest BCUT2D eigenvalue weighted by Gasteiger charge is -2.30. The number of aryl methyl sites for hydroxylation is 3. The van der Waals surface area contributed by atoms with Crippen molar-refractivity contribution in [1.82, 2.24) is 5.32 Å². The molecule has 0 unspecified atom stereocenters. The second kappa shape index (κ2) is 10.9. The summed E-state index contributed by atoms with van der Waals surface area (Å²) in [4.78, 5) is 12.9. The van der Waals surface area contributed by atoms with Crippen molar-refractivity contribution in [3.8, 4) is 0 Å². The molecule has 2 rings (SSSR count). The minimum Gasteiger partial charge on any atom is -0.353 e. The minimum absolute atomic E-state index is 0.266. The number of hydrogen-bond acceptors (Lipinski definition) is 4. The lowest BCUT2D eigenvalue weighted by molar-refractivity contribution is -0.122. The predicted molar refractivity (Wildman–Crippen MR) is 128 cm³/mol. The van der Waals surface area contributed by atoms with Gasteiger partial charge in [0.1, 0.15) is 6.04 Å². The zero-order valence-electron chi connectivity index (χ0n) is 18.4. The van der Waals surface area contributed by atoms with E-state index in [-0.39, 0.29) is 5.91 Å². The third-order valence-electron chi connectivity index (χ3n) is 4.69. The Balaban J connectivity index is 2.01. The van der Waals surface area contributed by atoms with Crippen LogP contribution in [0.5, 0.6) is 0 Å². The summed E-state index contributed by atoms with van der Waals surface area (Å²) in [6.45, 7) is 8.24. The Morgan fingerprint density at radius 2 is 1.73 bits per heavy atom. The third-order valence-corrected chi connectivity index (χ3v) is 6.90. The molecule has 0 aromatic heterocycles. The molecule has 2 aromatic carbocycles. The summed E-state index contributed by atoms with van der Waals surface area (Å²) < 4.78 is 26.4. The van der Waals surface area contributed by atoms with Crippen molar-refractivity contribution in [2.75, 3.05) is 22.9 Å². The van der Waals surface area contributed by atoms with E-state index >= 15 is 0 Å². The largest absolute Gasteiger partial charge is 0.353 e. The van der Waals surface area contributed by atoms with Crippen LogP contribution < -0.4 is 9.62 Å². The van der Waals surface area contributed by atoms with E-state index in [1.807, 2.05) is 45.0 Å². The minimum atomic E-state index is -3.62. The van der Waals surface area contributed by atoms with Gasteiger partial charge in [-0.1, -0.05) is 42.8 Å². The van der Waals surface area contributed by atoms with E-state index in [1.54, 1.807) is 11.8 Å². The Hall–Kier alpha value is -1.99. The van der Waals surface area contributed by atoms with Crippen LogP contribution in [0, 0.1) is 20.8 Å². The molecule has 0 fully saturated rings. The van der Waals surface area contributed by atoms with Crippen LogP contribution in [0.4, 0.5) is 5.69 Å². The quantitative estimate of drug-likeness (QED) is 0.553. The average molecular weight is 449 g/mol. The number of hydrogen-bond donors (Lipinski definition) is 1. The molecule has 0 aliphatic carbocycles. The van der Waals surface area contributed by atoms with Gasteiger partial charge < -0.3 is 5.32 Å². The standard InChI is InChI=1S/C23H32N2O3S2/c1-6-22(25(30(5,27)28)21-14-18(3)12-19(4)15-21)23(26)24-10-11-29-16-20-9-7-8-17(2)13-20/h7-9,12-15,22H,6,10-11,16H2,1-5H3,(H,24,26)/t22-/m1/s1. The van der Waals surface area contributed by atoms with Crippen LogP contribution in [0.1, 0.15) is 35.6 Å². The first-order valence-electron chi connectivity index (χ1n) is 10.1. The first-order valence-corrected chi connectivity index (χ1v) is 13.1. The maximum atomic E-state index is 12.9. The molecule has 1 amide bonds. The molecule has 1 N–H and O–H groups in total. The van der Waals surface area contributed by atoms with Gasteiger partial charge in [0.2, 0.25) is 15.9 Å². The van der Waals surface area contributed by atoms with E-state index in [0.29, 0.717) is 18.7 Å². The van der Waals surface area contributed by atoms with Gasteiger partial charge in [0, 0.05) is 18.1 Å². The lowest BCUT2D eigenvalue weighted by Crippen LogP contribution is -2.49. The van der Waals surface area contributed by atoms with Crippen LogP contribution in [-0.2, 0) is 20.6 Å². The van der Waals surface area contributed by atoms with Gasteiger partial charge in [-0.25, -0.2) is 8.42 Å². The smallest absolute Gasteiger partial charge is 0.243 e. The summed E-state index contributed by atoms with van der Waals surface area (Å²) in [5.41, 5.74) is 4.95. The normalized spacial score (nSPS) is 12.4. The first-order chi connectivity index (χ1) is 14.1. The molecule has 0 saturated heterocycles. The van der Waals surface area contributed by atoms with E-state index in [0.717, 1.165) is 28.9 Å². The molecule has 0 spiro atoms. The van der Waals surface area contributed by atoms with Crippen LogP contribution in [0.15, 0.2) is 42.5 Å². The fourth-order valence-electron chi connectivity index (χ4n) is 3.49. The van der Waals surface area contributed by atoms with Crippen molar-refractivity contribution in [3.63, 3.8) is 0 Å². The topological polar surface area (TPSA) is 66.5 Å². The molecule has 5 nitrogen and oxygen atoms in total. The Labute approximate surface area is 185 Å². The number of nitrogens with zero attached hydrogens (tertiary/aromatic N) is 1. The Morgan fingerprint density at radius 1 is 1.07 bits per heavy atom. The Bertz CT molecular complexity index is 954. The van der Waals surface area contributed by atoms with Crippen molar-refractivity contribution in [3.05, 3.63) is 64.7 Å². The van der Waals surface area contributed by atoms with Crippen molar-refractivity contribution in [1.29, 1.82) is 0 Å². The zero-order chi connectivity index (χ0) is 22.3. The van der Waals surface area contributed by atoms with Gasteiger partial charge in [-0.2, -0.15) is 11.8 Å². The number of carbonyl (C=O) groups excluding carboxylic acids is 1. The number of rotatable bonds is 10. The van der Waals surface area contributed by atoms with Gasteiger partial charge in [-0.15, -0.1) is 0 Å². The fraction of sp³-hybridized carbons (Fsp3) is 0.435. The lowest BCUT2D eigenvalue weighted by atomic mass is 10.1. The van der Waals surface area contributed by atoms with Gasteiger partial charge in [0.15, 0.2) is 0 Å². The van der Waals surface area contributed by atoms with Gasteiger partial charge in [0.05, 0.1) is 11.9 Å². The van der Waals surface area contributed by atoms with Crippen molar-refractivity contribution in [2.24, 2.45) is 0 Å². The van der Waals surface area contributed by atoms with Crippen molar-refractivity contribution in [2.45, 2.75) is 45.9 Å².